The third-order valence-corrected chi connectivity index (χ3v) is 3.45. The van der Waals surface area contributed by atoms with E-state index in [0.29, 0.717) is 6.04 Å². The zero-order valence-corrected chi connectivity index (χ0v) is 12.7. The molecule has 0 heterocycles. The molecule has 0 aliphatic heterocycles. The lowest BCUT2D eigenvalue weighted by Gasteiger charge is -2.30. The highest BCUT2D eigenvalue weighted by atomic mass is 19.1. The van der Waals surface area contributed by atoms with Gasteiger partial charge in [0.15, 0.2) is 0 Å². The van der Waals surface area contributed by atoms with Crippen molar-refractivity contribution in [2.75, 3.05) is 13.7 Å². The molecule has 0 spiro atoms. The number of nitrogens with one attached hydrogen (secondary N) is 1. The van der Waals surface area contributed by atoms with E-state index in [2.05, 4.69) is 33.0 Å². The van der Waals surface area contributed by atoms with Crippen LogP contribution in [0.4, 0.5) is 4.39 Å². The fraction of sp³-hybridized carbons (Fsp3) is 0.625. The van der Waals surface area contributed by atoms with Crippen LogP contribution in [0.5, 0.6) is 5.75 Å². The molecule has 0 aliphatic rings. The van der Waals surface area contributed by atoms with Gasteiger partial charge in [0.25, 0.3) is 0 Å². The molecule has 2 nitrogen and oxygen atoms in total. The summed E-state index contributed by atoms with van der Waals surface area (Å²) < 4.78 is 18.8. The smallest absolute Gasteiger partial charge is 0.123 e. The summed E-state index contributed by atoms with van der Waals surface area (Å²) in [5.41, 5.74) is 0.799. The zero-order valence-electron chi connectivity index (χ0n) is 12.7. The summed E-state index contributed by atoms with van der Waals surface area (Å²) in [7, 11) is 1.63. The van der Waals surface area contributed by atoms with E-state index in [1.54, 1.807) is 19.2 Å². The molecule has 0 aromatic heterocycles. The largest absolute Gasteiger partial charge is 0.496 e. The molecular formula is C16H26FNO. The van der Waals surface area contributed by atoms with Gasteiger partial charge in [-0.1, -0.05) is 20.8 Å². The minimum absolute atomic E-state index is 0.131. The lowest BCUT2D eigenvalue weighted by molar-refractivity contribution is 0.357. The first-order chi connectivity index (χ1) is 8.90. The average molecular weight is 267 g/mol. The maximum Gasteiger partial charge on any atom is 0.123 e. The highest BCUT2D eigenvalue weighted by molar-refractivity contribution is 5.39. The molecule has 1 N–H and O–H groups in total. The van der Waals surface area contributed by atoms with Crippen LogP contribution in [-0.2, 0) is 5.41 Å². The monoisotopic (exact) mass is 267 g/mol. The number of halogens is 1. The first-order valence-corrected chi connectivity index (χ1v) is 6.98. The summed E-state index contributed by atoms with van der Waals surface area (Å²) in [5.74, 6) is 0.548. The third-order valence-electron chi connectivity index (χ3n) is 3.45. The van der Waals surface area contributed by atoms with Crippen molar-refractivity contribution in [2.45, 2.75) is 52.0 Å². The van der Waals surface area contributed by atoms with Crippen molar-refractivity contribution in [3.63, 3.8) is 0 Å². The summed E-state index contributed by atoms with van der Waals surface area (Å²) >= 11 is 0. The van der Waals surface area contributed by atoms with Gasteiger partial charge in [0.2, 0.25) is 0 Å². The molecule has 1 unspecified atom stereocenters. The van der Waals surface area contributed by atoms with Crippen LogP contribution in [0.1, 0.15) is 46.1 Å². The van der Waals surface area contributed by atoms with Crippen molar-refractivity contribution in [2.24, 2.45) is 0 Å². The van der Waals surface area contributed by atoms with E-state index in [-0.39, 0.29) is 11.2 Å². The minimum Gasteiger partial charge on any atom is -0.496 e. The van der Waals surface area contributed by atoms with Gasteiger partial charge >= 0.3 is 0 Å². The highest BCUT2D eigenvalue weighted by Gasteiger charge is 2.27. The number of ether oxygens (including phenoxy) is 1. The molecule has 0 saturated carbocycles. The Hall–Kier alpha value is -1.09. The van der Waals surface area contributed by atoms with E-state index in [4.69, 9.17) is 4.74 Å². The molecule has 1 aromatic carbocycles. The Labute approximate surface area is 116 Å². The molecule has 0 saturated heterocycles. The SMILES string of the molecule is CCCNC(C)CC(C)(C)c1cc(F)ccc1OC. The fourth-order valence-corrected chi connectivity index (χ4v) is 2.55. The van der Waals surface area contributed by atoms with Crippen molar-refractivity contribution in [1.29, 1.82) is 0 Å². The quantitative estimate of drug-likeness (QED) is 0.809. The van der Waals surface area contributed by atoms with Gasteiger partial charge in [-0.15, -0.1) is 0 Å². The molecule has 1 aromatic rings. The van der Waals surface area contributed by atoms with Gasteiger partial charge in [-0.2, -0.15) is 0 Å². The van der Waals surface area contributed by atoms with E-state index < -0.39 is 0 Å². The molecular weight excluding hydrogens is 241 g/mol. The van der Waals surface area contributed by atoms with Gasteiger partial charge in [-0.05, 0) is 49.9 Å². The number of benzene rings is 1. The molecule has 0 amide bonds. The molecule has 0 bridgehead atoms. The second-order valence-corrected chi connectivity index (χ2v) is 5.79. The van der Waals surface area contributed by atoms with Crippen molar-refractivity contribution in [3.8, 4) is 5.75 Å². The summed E-state index contributed by atoms with van der Waals surface area (Å²) in [4.78, 5) is 0. The van der Waals surface area contributed by atoms with Gasteiger partial charge in [0.1, 0.15) is 11.6 Å². The van der Waals surface area contributed by atoms with E-state index in [1.165, 1.54) is 6.07 Å². The third kappa shape index (κ3) is 4.50. The molecule has 0 fully saturated rings. The Bertz CT molecular complexity index is 404. The first kappa shape index (κ1) is 16.0. The number of rotatable bonds is 7. The number of hydrogen-bond donors (Lipinski definition) is 1. The van der Waals surface area contributed by atoms with Crippen LogP contribution in [-0.4, -0.2) is 19.7 Å². The topological polar surface area (TPSA) is 21.3 Å². The van der Waals surface area contributed by atoms with Crippen LogP contribution in [0.25, 0.3) is 0 Å². The molecule has 1 rings (SSSR count). The second-order valence-electron chi connectivity index (χ2n) is 5.79. The highest BCUT2D eigenvalue weighted by Crippen LogP contribution is 2.35. The standard InChI is InChI=1S/C16H26FNO/c1-6-9-18-12(2)11-16(3,4)14-10-13(17)7-8-15(14)19-5/h7-8,10,12,18H,6,9,11H2,1-5H3. The minimum atomic E-state index is -0.210. The van der Waals surface area contributed by atoms with Crippen LogP contribution in [0.15, 0.2) is 18.2 Å². The Balaban J connectivity index is 2.89. The van der Waals surface area contributed by atoms with Gasteiger partial charge in [0.05, 0.1) is 7.11 Å². The van der Waals surface area contributed by atoms with Crippen LogP contribution >= 0.6 is 0 Å². The number of methoxy groups -OCH3 is 1. The maximum absolute atomic E-state index is 13.5. The summed E-state index contributed by atoms with van der Waals surface area (Å²) in [6.45, 7) is 9.60. The molecule has 19 heavy (non-hydrogen) atoms. The first-order valence-electron chi connectivity index (χ1n) is 6.98. The van der Waals surface area contributed by atoms with Gasteiger partial charge < -0.3 is 10.1 Å². The van der Waals surface area contributed by atoms with Crippen molar-refractivity contribution >= 4 is 0 Å². The number of hydrogen-bond acceptors (Lipinski definition) is 2. The van der Waals surface area contributed by atoms with Crippen LogP contribution < -0.4 is 10.1 Å². The van der Waals surface area contributed by atoms with Crippen LogP contribution in [0.2, 0.25) is 0 Å². The van der Waals surface area contributed by atoms with Gasteiger partial charge in [-0.25, -0.2) is 4.39 Å². The van der Waals surface area contributed by atoms with Gasteiger partial charge in [0, 0.05) is 11.6 Å². The van der Waals surface area contributed by atoms with E-state index >= 15 is 0 Å². The van der Waals surface area contributed by atoms with E-state index in [1.807, 2.05) is 0 Å². The summed E-state index contributed by atoms with van der Waals surface area (Å²) in [6, 6.07) is 5.13. The Kier molecular flexibility index (Phi) is 5.80. The second kappa shape index (κ2) is 6.90. The molecule has 3 heteroatoms. The molecule has 108 valence electrons. The van der Waals surface area contributed by atoms with Gasteiger partial charge in [-0.3, -0.25) is 0 Å². The van der Waals surface area contributed by atoms with Crippen LogP contribution in [0.3, 0.4) is 0 Å². The normalized spacial score (nSPS) is 13.4. The van der Waals surface area contributed by atoms with Crippen LogP contribution in [0, 0.1) is 5.82 Å². The zero-order chi connectivity index (χ0) is 14.5. The Morgan fingerprint density at radius 2 is 2.05 bits per heavy atom. The predicted molar refractivity (Wildman–Crippen MR) is 78.4 cm³/mol. The lowest BCUT2D eigenvalue weighted by atomic mass is 9.78. The van der Waals surface area contributed by atoms with E-state index in [0.717, 1.165) is 30.7 Å². The maximum atomic E-state index is 13.5. The predicted octanol–water partition coefficient (Wildman–Crippen LogP) is 3.89. The van der Waals surface area contributed by atoms with Crippen molar-refractivity contribution in [3.05, 3.63) is 29.6 Å². The molecule has 0 aliphatic carbocycles. The molecule has 1 atom stereocenters. The summed E-state index contributed by atoms with van der Waals surface area (Å²) in [5, 5.41) is 3.48. The van der Waals surface area contributed by atoms with Crippen molar-refractivity contribution < 1.29 is 9.13 Å². The van der Waals surface area contributed by atoms with E-state index in [9.17, 15) is 4.39 Å². The Morgan fingerprint density at radius 1 is 1.37 bits per heavy atom. The van der Waals surface area contributed by atoms with Crippen molar-refractivity contribution in [1.82, 2.24) is 5.32 Å². The Morgan fingerprint density at radius 3 is 2.63 bits per heavy atom. The fourth-order valence-electron chi connectivity index (χ4n) is 2.55. The summed E-state index contributed by atoms with van der Waals surface area (Å²) in [6.07, 6.45) is 2.06. The average Bonchev–Trinajstić information content (AvgIpc) is 2.35. The molecule has 0 radical (unpaired) electrons. The lowest BCUT2D eigenvalue weighted by Crippen LogP contribution is -2.34.